The van der Waals surface area contributed by atoms with Crippen LogP contribution in [-0.2, 0) is 25.6 Å². The molecule has 0 amide bonds. The Labute approximate surface area is 149 Å². The first-order valence-electron chi connectivity index (χ1n) is 8.22. The Balaban J connectivity index is 1.67. The van der Waals surface area contributed by atoms with E-state index in [0.717, 1.165) is 11.1 Å². The molecule has 0 spiro atoms. The summed E-state index contributed by atoms with van der Waals surface area (Å²) >= 11 is -1.59. The van der Waals surface area contributed by atoms with Gasteiger partial charge in [-0.05, 0) is 37.5 Å². The van der Waals surface area contributed by atoms with Crippen LogP contribution in [0.5, 0.6) is 0 Å². The second-order valence-electron chi connectivity index (χ2n) is 6.30. The number of hydroxylamine groups is 2. The molecule has 0 saturated carbocycles. The molecule has 132 valence electrons. The van der Waals surface area contributed by atoms with Gasteiger partial charge in [0.25, 0.3) is 0 Å². The first kappa shape index (κ1) is 17.8. The zero-order valence-electron chi connectivity index (χ0n) is 14.1. The third-order valence-electron chi connectivity index (χ3n) is 4.70. The Bertz CT molecular complexity index is 753. The lowest BCUT2D eigenvalue weighted by molar-refractivity contribution is -0.150. The van der Waals surface area contributed by atoms with E-state index in [4.69, 9.17) is 4.28 Å². The molecule has 2 aromatic carbocycles. The standard InChI is InChI=1S/C19H21NO4S/c1-15-7-9-17(10-8-15)25(23)24-20-13-11-19(12-14-20,18(21)22)16-5-3-2-4-6-16/h2-10H,11-14H2,1H3,(H,21,22)/t25-/m1/s1. The van der Waals surface area contributed by atoms with Gasteiger partial charge in [0.15, 0.2) is 0 Å². The summed E-state index contributed by atoms with van der Waals surface area (Å²) in [6.45, 7) is 2.80. The highest BCUT2D eigenvalue weighted by molar-refractivity contribution is 7.80. The third-order valence-corrected chi connectivity index (χ3v) is 5.70. The number of hydrogen-bond donors (Lipinski definition) is 1. The molecule has 25 heavy (non-hydrogen) atoms. The Kier molecular flexibility index (Phi) is 5.32. The fourth-order valence-corrected chi connectivity index (χ4v) is 3.90. The lowest BCUT2D eigenvalue weighted by Crippen LogP contribution is -2.47. The second kappa shape index (κ2) is 7.47. The van der Waals surface area contributed by atoms with Gasteiger partial charge in [0.2, 0.25) is 11.1 Å². The van der Waals surface area contributed by atoms with Gasteiger partial charge in [-0.2, -0.15) is 9.35 Å². The van der Waals surface area contributed by atoms with Gasteiger partial charge in [0, 0.05) is 13.1 Å². The summed E-state index contributed by atoms with van der Waals surface area (Å²) in [4.78, 5) is 12.5. The number of aryl methyl sites for hydroxylation is 1. The maximum Gasteiger partial charge on any atom is 0.314 e. The summed E-state index contributed by atoms with van der Waals surface area (Å²) in [7, 11) is 0. The number of nitrogens with zero attached hydrogens (tertiary/aromatic N) is 1. The van der Waals surface area contributed by atoms with Crippen LogP contribution in [0.4, 0.5) is 0 Å². The minimum Gasteiger partial charge on any atom is -0.481 e. The molecule has 0 aromatic heterocycles. The fraction of sp³-hybridized carbons (Fsp3) is 0.316. The molecule has 3 rings (SSSR count). The van der Waals surface area contributed by atoms with Crippen molar-refractivity contribution in [2.75, 3.05) is 13.1 Å². The van der Waals surface area contributed by atoms with E-state index in [2.05, 4.69) is 0 Å². The van der Waals surface area contributed by atoms with Crippen molar-refractivity contribution in [2.24, 2.45) is 0 Å². The van der Waals surface area contributed by atoms with Crippen LogP contribution in [0.15, 0.2) is 59.5 Å². The van der Waals surface area contributed by atoms with Crippen molar-refractivity contribution in [1.82, 2.24) is 5.06 Å². The molecule has 1 aliphatic rings. The van der Waals surface area contributed by atoms with Gasteiger partial charge >= 0.3 is 5.97 Å². The van der Waals surface area contributed by atoms with E-state index in [9.17, 15) is 14.1 Å². The number of piperidine rings is 1. The maximum atomic E-state index is 12.3. The molecular formula is C19H21NO4S. The monoisotopic (exact) mass is 359 g/mol. The van der Waals surface area contributed by atoms with E-state index in [1.165, 1.54) is 0 Å². The number of carbonyl (C=O) groups is 1. The van der Waals surface area contributed by atoms with Crippen molar-refractivity contribution in [3.63, 3.8) is 0 Å². The van der Waals surface area contributed by atoms with Crippen LogP contribution in [0, 0.1) is 6.92 Å². The van der Waals surface area contributed by atoms with E-state index in [1.807, 2.05) is 49.4 Å². The van der Waals surface area contributed by atoms with Crippen LogP contribution >= 0.6 is 0 Å². The summed E-state index contributed by atoms with van der Waals surface area (Å²) in [6, 6.07) is 16.6. The number of rotatable bonds is 5. The molecule has 1 heterocycles. The SMILES string of the molecule is Cc1ccc([S@](=O)ON2CCC(C(=O)O)(c3ccccc3)CC2)cc1. The van der Waals surface area contributed by atoms with E-state index in [-0.39, 0.29) is 0 Å². The smallest absolute Gasteiger partial charge is 0.314 e. The van der Waals surface area contributed by atoms with Crippen LogP contribution in [0.2, 0.25) is 0 Å². The quantitative estimate of drug-likeness (QED) is 0.889. The van der Waals surface area contributed by atoms with E-state index in [1.54, 1.807) is 17.2 Å². The number of carboxylic acids is 1. The fourth-order valence-electron chi connectivity index (χ4n) is 3.11. The minimum atomic E-state index is -1.59. The minimum absolute atomic E-state index is 0.414. The van der Waals surface area contributed by atoms with E-state index >= 15 is 0 Å². The summed E-state index contributed by atoms with van der Waals surface area (Å²) in [5.74, 6) is -0.821. The van der Waals surface area contributed by atoms with Crippen molar-refractivity contribution >= 4 is 17.0 Å². The lowest BCUT2D eigenvalue weighted by atomic mass is 9.73. The highest BCUT2D eigenvalue weighted by atomic mass is 32.2. The number of carboxylic acid groups (broad SMARTS) is 1. The van der Waals surface area contributed by atoms with Gasteiger partial charge in [0.1, 0.15) is 0 Å². The van der Waals surface area contributed by atoms with Crippen LogP contribution in [0.3, 0.4) is 0 Å². The normalized spacial score (nSPS) is 18.6. The molecular weight excluding hydrogens is 338 g/mol. The van der Waals surface area contributed by atoms with Gasteiger partial charge in [-0.25, -0.2) is 4.21 Å². The van der Waals surface area contributed by atoms with Gasteiger partial charge < -0.3 is 5.11 Å². The van der Waals surface area contributed by atoms with Crippen LogP contribution < -0.4 is 0 Å². The average Bonchev–Trinajstić information content (AvgIpc) is 2.63. The van der Waals surface area contributed by atoms with E-state index < -0.39 is 22.5 Å². The Morgan fingerprint density at radius 2 is 1.68 bits per heavy atom. The molecule has 1 fully saturated rings. The molecule has 5 nitrogen and oxygen atoms in total. The van der Waals surface area contributed by atoms with Gasteiger partial charge in [-0.1, -0.05) is 48.0 Å². The van der Waals surface area contributed by atoms with Crippen molar-refractivity contribution in [2.45, 2.75) is 30.1 Å². The topological polar surface area (TPSA) is 66.8 Å². The van der Waals surface area contributed by atoms with Crippen molar-refractivity contribution < 1.29 is 18.4 Å². The first-order chi connectivity index (χ1) is 12.0. The van der Waals surface area contributed by atoms with Crippen LogP contribution in [0.25, 0.3) is 0 Å². The zero-order chi connectivity index (χ0) is 17.9. The molecule has 1 aliphatic heterocycles. The number of aliphatic carboxylic acids is 1. The number of benzene rings is 2. The summed E-state index contributed by atoms with van der Waals surface area (Å²) in [6.07, 6.45) is 0.828. The lowest BCUT2D eigenvalue weighted by Gasteiger charge is -2.37. The first-order valence-corrected chi connectivity index (χ1v) is 9.29. The Hall–Kier alpha value is -2.02. The molecule has 0 aliphatic carbocycles. The molecule has 1 saturated heterocycles. The van der Waals surface area contributed by atoms with Crippen molar-refractivity contribution in [1.29, 1.82) is 0 Å². The number of hydrogen-bond acceptors (Lipinski definition) is 4. The molecule has 1 N–H and O–H groups in total. The predicted octanol–water partition coefficient (Wildman–Crippen LogP) is 3.07. The van der Waals surface area contributed by atoms with Gasteiger partial charge in [0.05, 0.1) is 10.3 Å². The van der Waals surface area contributed by atoms with Gasteiger partial charge in [-0.15, -0.1) is 0 Å². The Morgan fingerprint density at radius 3 is 2.24 bits per heavy atom. The largest absolute Gasteiger partial charge is 0.481 e. The summed E-state index contributed by atoms with van der Waals surface area (Å²) in [5.41, 5.74) is 0.988. The molecule has 0 radical (unpaired) electrons. The van der Waals surface area contributed by atoms with E-state index in [0.29, 0.717) is 30.8 Å². The third kappa shape index (κ3) is 3.81. The molecule has 0 bridgehead atoms. The summed E-state index contributed by atoms with van der Waals surface area (Å²) in [5, 5.41) is 11.4. The predicted molar refractivity (Wildman–Crippen MR) is 95.2 cm³/mol. The molecule has 6 heteroatoms. The van der Waals surface area contributed by atoms with Crippen LogP contribution in [-0.4, -0.2) is 33.4 Å². The second-order valence-corrected chi connectivity index (χ2v) is 7.39. The summed E-state index contributed by atoms with van der Waals surface area (Å²) < 4.78 is 17.9. The highest BCUT2D eigenvalue weighted by Gasteiger charge is 2.43. The van der Waals surface area contributed by atoms with Crippen molar-refractivity contribution in [3.05, 3.63) is 65.7 Å². The highest BCUT2D eigenvalue weighted by Crippen LogP contribution is 2.36. The zero-order valence-corrected chi connectivity index (χ0v) is 14.9. The van der Waals surface area contributed by atoms with Crippen molar-refractivity contribution in [3.8, 4) is 0 Å². The Morgan fingerprint density at radius 1 is 1.08 bits per heavy atom. The molecule has 2 aromatic rings. The molecule has 1 atom stereocenters. The van der Waals surface area contributed by atoms with Gasteiger partial charge in [-0.3, -0.25) is 4.79 Å². The average molecular weight is 359 g/mol. The molecule has 0 unspecified atom stereocenters. The maximum absolute atomic E-state index is 12.3. The van der Waals surface area contributed by atoms with Crippen LogP contribution in [0.1, 0.15) is 24.0 Å².